The standard InChI is InChI=1S/C14H17N3O2/c1-3-7-17-8-6-16-14(17)9-12(18)11-4-5-15-10-13(11)19-2/h4-6,8,10H,3,7,9H2,1-2H3. The third kappa shape index (κ3) is 2.99. The highest BCUT2D eigenvalue weighted by molar-refractivity contribution is 5.99. The quantitative estimate of drug-likeness (QED) is 0.746. The largest absolute Gasteiger partial charge is 0.494 e. The summed E-state index contributed by atoms with van der Waals surface area (Å²) in [4.78, 5) is 20.5. The van der Waals surface area contributed by atoms with Crippen molar-refractivity contribution in [1.29, 1.82) is 0 Å². The monoisotopic (exact) mass is 259 g/mol. The lowest BCUT2D eigenvalue weighted by Gasteiger charge is -2.08. The smallest absolute Gasteiger partial charge is 0.174 e. The van der Waals surface area contributed by atoms with Gasteiger partial charge < -0.3 is 9.30 Å². The predicted molar refractivity (Wildman–Crippen MR) is 71.3 cm³/mol. The first-order valence-corrected chi connectivity index (χ1v) is 6.27. The number of hydrogen-bond donors (Lipinski definition) is 0. The molecule has 0 aliphatic rings. The van der Waals surface area contributed by atoms with Gasteiger partial charge in [-0.1, -0.05) is 6.92 Å². The summed E-state index contributed by atoms with van der Waals surface area (Å²) in [6.45, 7) is 2.97. The van der Waals surface area contributed by atoms with Crippen LogP contribution in [-0.2, 0) is 13.0 Å². The molecule has 0 aromatic carbocycles. The molecule has 0 bridgehead atoms. The molecule has 19 heavy (non-hydrogen) atoms. The van der Waals surface area contributed by atoms with Crippen molar-refractivity contribution >= 4 is 5.78 Å². The number of aryl methyl sites for hydroxylation is 1. The Kier molecular flexibility index (Phi) is 4.28. The van der Waals surface area contributed by atoms with Crippen LogP contribution in [0, 0.1) is 0 Å². The summed E-state index contributed by atoms with van der Waals surface area (Å²) in [6, 6.07) is 1.67. The minimum atomic E-state index is -0.0113. The van der Waals surface area contributed by atoms with Crippen LogP contribution in [0.5, 0.6) is 5.75 Å². The van der Waals surface area contributed by atoms with Crippen molar-refractivity contribution in [1.82, 2.24) is 14.5 Å². The van der Waals surface area contributed by atoms with Crippen molar-refractivity contribution in [3.05, 3.63) is 42.2 Å². The molecule has 5 nitrogen and oxygen atoms in total. The predicted octanol–water partition coefficient (Wildman–Crippen LogP) is 2.12. The van der Waals surface area contributed by atoms with Gasteiger partial charge in [-0.15, -0.1) is 0 Å². The minimum Gasteiger partial charge on any atom is -0.494 e. The number of hydrogen-bond acceptors (Lipinski definition) is 4. The maximum Gasteiger partial charge on any atom is 0.174 e. The first-order chi connectivity index (χ1) is 9.26. The Labute approximate surface area is 112 Å². The zero-order valence-corrected chi connectivity index (χ0v) is 11.2. The number of rotatable bonds is 6. The van der Waals surface area contributed by atoms with Crippen LogP contribution in [-0.4, -0.2) is 27.4 Å². The van der Waals surface area contributed by atoms with Gasteiger partial charge in [-0.05, 0) is 12.5 Å². The van der Waals surface area contributed by atoms with E-state index in [-0.39, 0.29) is 12.2 Å². The number of carbonyl (C=O) groups excluding carboxylic acids is 1. The molecule has 0 atom stereocenters. The maximum absolute atomic E-state index is 12.3. The summed E-state index contributed by atoms with van der Waals surface area (Å²) in [7, 11) is 1.53. The van der Waals surface area contributed by atoms with Gasteiger partial charge >= 0.3 is 0 Å². The molecule has 2 heterocycles. The molecule has 0 unspecified atom stereocenters. The van der Waals surface area contributed by atoms with E-state index in [1.807, 2.05) is 10.8 Å². The molecule has 2 aromatic rings. The van der Waals surface area contributed by atoms with Crippen molar-refractivity contribution in [3.8, 4) is 5.75 Å². The summed E-state index contributed by atoms with van der Waals surface area (Å²) in [5, 5.41) is 0. The first kappa shape index (κ1) is 13.3. The van der Waals surface area contributed by atoms with Crippen molar-refractivity contribution in [2.45, 2.75) is 26.3 Å². The fourth-order valence-corrected chi connectivity index (χ4v) is 1.96. The number of Topliss-reactive ketones (excluding diaryl/α,β-unsaturated/α-hetero) is 1. The van der Waals surface area contributed by atoms with E-state index in [0.717, 1.165) is 18.8 Å². The summed E-state index contributed by atoms with van der Waals surface area (Å²) < 4.78 is 7.16. The number of ketones is 1. The second kappa shape index (κ2) is 6.13. The molecule has 2 aromatic heterocycles. The summed E-state index contributed by atoms with van der Waals surface area (Å²) in [5.41, 5.74) is 0.545. The number of pyridine rings is 1. The van der Waals surface area contributed by atoms with Crippen LogP contribution in [0.3, 0.4) is 0 Å². The Bertz CT molecular complexity index is 563. The number of carbonyl (C=O) groups is 1. The van der Waals surface area contributed by atoms with Crippen LogP contribution in [0.1, 0.15) is 29.5 Å². The van der Waals surface area contributed by atoms with E-state index in [9.17, 15) is 4.79 Å². The highest BCUT2D eigenvalue weighted by atomic mass is 16.5. The van der Waals surface area contributed by atoms with Gasteiger partial charge in [0.25, 0.3) is 0 Å². The van der Waals surface area contributed by atoms with Gasteiger partial charge in [0.15, 0.2) is 5.78 Å². The van der Waals surface area contributed by atoms with Gasteiger partial charge in [0.2, 0.25) is 0 Å². The van der Waals surface area contributed by atoms with Gasteiger partial charge in [0.05, 0.1) is 25.3 Å². The molecular formula is C14H17N3O2. The number of ether oxygens (including phenoxy) is 1. The molecule has 0 N–H and O–H groups in total. The SMILES string of the molecule is CCCn1ccnc1CC(=O)c1ccncc1OC. The third-order valence-electron chi connectivity index (χ3n) is 2.89. The van der Waals surface area contributed by atoms with Crippen molar-refractivity contribution < 1.29 is 9.53 Å². The Morgan fingerprint density at radius 2 is 2.26 bits per heavy atom. The van der Waals surface area contributed by atoms with E-state index in [0.29, 0.717) is 11.3 Å². The molecule has 0 aliphatic heterocycles. The van der Waals surface area contributed by atoms with E-state index in [2.05, 4.69) is 16.9 Å². The molecule has 0 fully saturated rings. The average Bonchev–Trinajstić information content (AvgIpc) is 2.86. The van der Waals surface area contributed by atoms with E-state index in [1.54, 1.807) is 24.7 Å². The number of aromatic nitrogens is 3. The molecule has 5 heteroatoms. The molecule has 0 amide bonds. The van der Waals surface area contributed by atoms with Crippen LogP contribution >= 0.6 is 0 Å². The molecule has 0 aliphatic carbocycles. The second-order valence-corrected chi connectivity index (χ2v) is 4.21. The van der Waals surface area contributed by atoms with Gasteiger partial charge in [0.1, 0.15) is 11.6 Å². The summed E-state index contributed by atoms with van der Waals surface area (Å²) >= 11 is 0. The lowest BCUT2D eigenvalue weighted by molar-refractivity contribution is 0.0986. The minimum absolute atomic E-state index is 0.0113. The molecular weight excluding hydrogens is 242 g/mol. The van der Waals surface area contributed by atoms with Gasteiger partial charge in [-0.3, -0.25) is 9.78 Å². The fourth-order valence-electron chi connectivity index (χ4n) is 1.96. The zero-order chi connectivity index (χ0) is 13.7. The van der Waals surface area contributed by atoms with Crippen LogP contribution < -0.4 is 4.74 Å². The van der Waals surface area contributed by atoms with E-state index in [4.69, 9.17) is 4.74 Å². The van der Waals surface area contributed by atoms with Crippen LogP contribution in [0.4, 0.5) is 0 Å². The molecule has 0 radical (unpaired) electrons. The Morgan fingerprint density at radius 3 is 3.00 bits per heavy atom. The van der Waals surface area contributed by atoms with Crippen LogP contribution in [0.15, 0.2) is 30.9 Å². The fraction of sp³-hybridized carbons (Fsp3) is 0.357. The highest BCUT2D eigenvalue weighted by Gasteiger charge is 2.15. The van der Waals surface area contributed by atoms with Gasteiger partial charge in [0, 0.05) is 25.1 Å². The van der Waals surface area contributed by atoms with Crippen LogP contribution in [0.2, 0.25) is 0 Å². The van der Waals surface area contributed by atoms with Gasteiger partial charge in [-0.2, -0.15) is 0 Å². The van der Waals surface area contributed by atoms with Crippen molar-refractivity contribution in [3.63, 3.8) is 0 Å². The van der Waals surface area contributed by atoms with E-state index >= 15 is 0 Å². The lowest BCUT2D eigenvalue weighted by atomic mass is 10.1. The van der Waals surface area contributed by atoms with Gasteiger partial charge in [-0.25, -0.2) is 4.98 Å². The average molecular weight is 259 g/mol. The zero-order valence-electron chi connectivity index (χ0n) is 11.2. The first-order valence-electron chi connectivity index (χ1n) is 6.27. The van der Waals surface area contributed by atoms with E-state index < -0.39 is 0 Å². The van der Waals surface area contributed by atoms with E-state index in [1.165, 1.54) is 7.11 Å². The Hall–Kier alpha value is -2.17. The topological polar surface area (TPSA) is 57.0 Å². The highest BCUT2D eigenvalue weighted by Crippen LogP contribution is 2.18. The lowest BCUT2D eigenvalue weighted by Crippen LogP contribution is -2.11. The summed E-state index contributed by atoms with van der Waals surface area (Å²) in [6.07, 6.45) is 8.04. The molecule has 2 rings (SSSR count). The molecule has 0 spiro atoms. The number of imidazole rings is 1. The molecule has 0 saturated carbocycles. The number of methoxy groups -OCH3 is 1. The molecule has 100 valence electrons. The normalized spacial score (nSPS) is 10.4. The molecule has 0 saturated heterocycles. The van der Waals surface area contributed by atoms with Crippen LogP contribution in [0.25, 0.3) is 0 Å². The maximum atomic E-state index is 12.3. The van der Waals surface area contributed by atoms with Crippen molar-refractivity contribution in [2.24, 2.45) is 0 Å². The number of nitrogens with zero attached hydrogens (tertiary/aromatic N) is 3. The third-order valence-corrected chi connectivity index (χ3v) is 2.89. The second-order valence-electron chi connectivity index (χ2n) is 4.21. The van der Waals surface area contributed by atoms with Crippen molar-refractivity contribution in [2.75, 3.05) is 7.11 Å². The summed E-state index contributed by atoms with van der Waals surface area (Å²) in [5.74, 6) is 1.27. The Morgan fingerprint density at radius 1 is 1.42 bits per heavy atom. The Balaban J connectivity index is 2.18.